The van der Waals surface area contributed by atoms with Crippen molar-refractivity contribution >= 4 is 29.0 Å². The van der Waals surface area contributed by atoms with Gasteiger partial charge in [0.25, 0.3) is 11.5 Å². The number of nitrogens with one attached hydrogen (secondary N) is 1. The van der Waals surface area contributed by atoms with Crippen molar-refractivity contribution in [2.75, 3.05) is 17.2 Å². The van der Waals surface area contributed by atoms with Crippen LogP contribution in [0.3, 0.4) is 0 Å². The molecule has 1 heterocycles. The van der Waals surface area contributed by atoms with Gasteiger partial charge in [-0.25, -0.2) is 4.79 Å². The number of nitrogens with two attached hydrogens (primary N) is 1. The predicted octanol–water partition coefficient (Wildman–Crippen LogP) is 3.43. The number of carbonyl (C=O) groups is 1. The van der Waals surface area contributed by atoms with Gasteiger partial charge in [0.15, 0.2) is 12.3 Å². The Morgan fingerprint density at radius 2 is 1.51 bits per heavy atom. The molecule has 178 valence electrons. The number of nitrogens with zero attached hydrogens (tertiary/aromatic N) is 2. The highest BCUT2D eigenvalue weighted by molar-refractivity contribution is 6.30. The zero-order valence-corrected chi connectivity index (χ0v) is 19.4. The van der Waals surface area contributed by atoms with Gasteiger partial charge in [0, 0.05) is 5.02 Å². The van der Waals surface area contributed by atoms with E-state index in [0.29, 0.717) is 10.8 Å². The number of H-pyrrole nitrogens is 1. The Morgan fingerprint density at radius 3 is 2.14 bits per heavy atom. The molecule has 4 aromatic rings. The summed E-state index contributed by atoms with van der Waals surface area (Å²) in [5.74, 6) is -0.178. The van der Waals surface area contributed by atoms with E-state index in [-0.39, 0.29) is 31.2 Å². The largest absolute Gasteiger partial charge is 0.484 e. The van der Waals surface area contributed by atoms with Crippen LogP contribution in [0.1, 0.15) is 11.1 Å². The van der Waals surface area contributed by atoms with Gasteiger partial charge in [-0.3, -0.25) is 24.0 Å². The Morgan fingerprint density at radius 1 is 0.914 bits per heavy atom. The average molecular weight is 491 g/mol. The van der Waals surface area contributed by atoms with E-state index in [4.69, 9.17) is 22.1 Å². The van der Waals surface area contributed by atoms with Crippen LogP contribution in [0.15, 0.2) is 94.5 Å². The molecule has 1 aromatic heterocycles. The maximum absolute atomic E-state index is 13.3. The highest BCUT2D eigenvalue weighted by Crippen LogP contribution is 2.21. The molecule has 0 saturated carbocycles. The van der Waals surface area contributed by atoms with Gasteiger partial charge < -0.3 is 10.5 Å². The van der Waals surface area contributed by atoms with Crippen LogP contribution in [0.25, 0.3) is 0 Å². The van der Waals surface area contributed by atoms with Crippen LogP contribution in [-0.2, 0) is 17.9 Å². The lowest BCUT2D eigenvalue weighted by Crippen LogP contribution is -2.42. The number of ether oxygens (including phenoxy) is 1. The molecule has 35 heavy (non-hydrogen) atoms. The number of amides is 1. The van der Waals surface area contributed by atoms with Crippen LogP contribution in [0.5, 0.6) is 5.75 Å². The first-order valence-electron chi connectivity index (χ1n) is 10.8. The summed E-state index contributed by atoms with van der Waals surface area (Å²) in [6, 6.07) is 24.9. The normalized spacial score (nSPS) is 10.7. The first kappa shape index (κ1) is 23.8. The second-order valence-corrected chi connectivity index (χ2v) is 8.21. The fourth-order valence-corrected chi connectivity index (χ4v) is 3.70. The molecule has 0 unspecified atom stereocenters. The molecule has 4 rings (SSSR count). The van der Waals surface area contributed by atoms with E-state index in [1.54, 1.807) is 24.3 Å². The minimum absolute atomic E-state index is 0.0560. The number of halogens is 1. The summed E-state index contributed by atoms with van der Waals surface area (Å²) in [7, 11) is 0. The second-order valence-electron chi connectivity index (χ2n) is 7.77. The highest BCUT2D eigenvalue weighted by Gasteiger charge is 2.25. The SMILES string of the molecule is Nc1c(N(Cc2ccccc2)C(=O)COc2ccc(Cl)cc2)c(=O)[nH]c(=O)n1Cc1ccccc1. The van der Waals surface area contributed by atoms with Crippen molar-refractivity contribution in [1.29, 1.82) is 0 Å². The summed E-state index contributed by atoms with van der Waals surface area (Å²) in [6.45, 7) is -0.171. The van der Waals surface area contributed by atoms with Crippen molar-refractivity contribution < 1.29 is 9.53 Å². The summed E-state index contributed by atoms with van der Waals surface area (Å²) in [5.41, 5.74) is 6.39. The fourth-order valence-electron chi connectivity index (χ4n) is 3.57. The van der Waals surface area contributed by atoms with Crippen molar-refractivity contribution in [2.24, 2.45) is 0 Å². The first-order chi connectivity index (χ1) is 16.9. The fraction of sp³-hybridized carbons (Fsp3) is 0.115. The van der Waals surface area contributed by atoms with E-state index in [2.05, 4.69) is 4.98 Å². The number of aromatic nitrogens is 2. The van der Waals surface area contributed by atoms with E-state index in [1.807, 2.05) is 60.7 Å². The van der Waals surface area contributed by atoms with Gasteiger partial charge >= 0.3 is 5.69 Å². The molecular weight excluding hydrogens is 468 g/mol. The van der Waals surface area contributed by atoms with Crippen LogP contribution in [-0.4, -0.2) is 22.1 Å². The monoisotopic (exact) mass is 490 g/mol. The van der Waals surface area contributed by atoms with E-state index in [1.165, 1.54) is 9.47 Å². The summed E-state index contributed by atoms with van der Waals surface area (Å²) in [6.07, 6.45) is 0. The Hall–Kier alpha value is -4.30. The third-order valence-corrected chi connectivity index (χ3v) is 5.58. The van der Waals surface area contributed by atoms with Gasteiger partial charge in [-0.15, -0.1) is 0 Å². The molecule has 0 aliphatic rings. The summed E-state index contributed by atoms with van der Waals surface area (Å²) < 4.78 is 6.85. The molecule has 0 radical (unpaired) electrons. The number of carbonyl (C=O) groups excluding carboxylic acids is 1. The molecule has 0 saturated heterocycles. The third-order valence-electron chi connectivity index (χ3n) is 5.33. The number of aromatic amines is 1. The third kappa shape index (κ3) is 5.80. The zero-order valence-electron chi connectivity index (χ0n) is 18.7. The Labute approximate surface area is 206 Å². The molecule has 0 spiro atoms. The first-order valence-corrected chi connectivity index (χ1v) is 11.2. The zero-order chi connectivity index (χ0) is 24.8. The second kappa shape index (κ2) is 10.8. The molecule has 0 atom stereocenters. The van der Waals surface area contributed by atoms with Crippen LogP contribution < -0.4 is 26.6 Å². The van der Waals surface area contributed by atoms with Crippen molar-refractivity contribution in [3.8, 4) is 5.75 Å². The lowest BCUT2D eigenvalue weighted by atomic mass is 10.2. The maximum Gasteiger partial charge on any atom is 0.330 e. The van der Waals surface area contributed by atoms with Crippen LogP contribution in [0, 0.1) is 0 Å². The molecular formula is C26H23ClN4O4. The van der Waals surface area contributed by atoms with E-state index in [0.717, 1.165) is 11.1 Å². The molecule has 3 N–H and O–H groups in total. The van der Waals surface area contributed by atoms with Crippen molar-refractivity contribution in [3.05, 3.63) is 122 Å². The molecule has 0 fully saturated rings. The number of anilines is 2. The molecule has 0 bridgehead atoms. The number of benzene rings is 3. The summed E-state index contributed by atoms with van der Waals surface area (Å²) >= 11 is 5.90. The standard InChI is InChI=1S/C26H23ClN4O4/c27-20-11-13-21(14-12-20)35-17-22(32)30(15-18-7-3-1-4-8-18)23-24(28)31(26(34)29-25(23)33)16-19-9-5-2-6-10-19/h1-14H,15-17,28H2,(H,29,33,34). The van der Waals surface area contributed by atoms with Crippen molar-refractivity contribution in [2.45, 2.75) is 13.1 Å². The molecule has 0 aliphatic carbocycles. The van der Waals surface area contributed by atoms with E-state index < -0.39 is 17.2 Å². The molecule has 1 amide bonds. The molecule has 3 aromatic carbocycles. The average Bonchev–Trinajstić information content (AvgIpc) is 2.86. The van der Waals surface area contributed by atoms with Gasteiger partial charge in [0.2, 0.25) is 0 Å². The van der Waals surface area contributed by atoms with Crippen molar-refractivity contribution in [1.82, 2.24) is 9.55 Å². The number of nitrogen functional groups attached to an aromatic ring is 1. The van der Waals surface area contributed by atoms with Gasteiger partial charge in [0.05, 0.1) is 13.1 Å². The molecule has 8 nitrogen and oxygen atoms in total. The van der Waals surface area contributed by atoms with Gasteiger partial charge in [0.1, 0.15) is 11.6 Å². The molecule has 9 heteroatoms. The maximum atomic E-state index is 13.3. The predicted molar refractivity (Wildman–Crippen MR) is 136 cm³/mol. The lowest BCUT2D eigenvalue weighted by molar-refractivity contribution is -0.120. The minimum atomic E-state index is -0.757. The number of hydrogen-bond donors (Lipinski definition) is 2. The highest BCUT2D eigenvalue weighted by atomic mass is 35.5. The lowest BCUT2D eigenvalue weighted by Gasteiger charge is -2.25. The van der Waals surface area contributed by atoms with Gasteiger partial charge in [-0.2, -0.15) is 0 Å². The van der Waals surface area contributed by atoms with Crippen LogP contribution in [0.2, 0.25) is 5.02 Å². The van der Waals surface area contributed by atoms with E-state index in [9.17, 15) is 14.4 Å². The smallest absolute Gasteiger partial charge is 0.330 e. The topological polar surface area (TPSA) is 110 Å². The minimum Gasteiger partial charge on any atom is -0.484 e. The van der Waals surface area contributed by atoms with E-state index >= 15 is 0 Å². The number of rotatable bonds is 8. The Balaban J connectivity index is 1.71. The Bertz CT molecular complexity index is 1420. The van der Waals surface area contributed by atoms with Gasteiger partial charge in [-0.05, 0) is 35.4 Å². The van der Waals surface area contributed by atoms with Gasteiger partial charge in [-0.1, -0.05) is 72.3 Å². The summed E-state index contributed by atoms with van der Waals surface area (Å²) in [5, 5.41) is 0.536. The van der Waals surface area contributed by atoms with Crippen LogP contribution in [0.4, 0.5) is 11.5 Å². The Kier molecular flexibility index (Phi) is 7.32. The number of hydrogen-bond acceptors (Lipinski definition) is 5. The summed E-state index contributed by atoms with van der Waals surface area (Å²) in [4.78, 5) is 42.4. The van der Waals surface area contributed by atoms with Crippen molar-refractivity contribution in [3.63, 3.8) is 0 Å². The molecule has 0 aliphatic heterocycles. The van der Waals surface area contributed by atoms with Crippen LogP contribution >= 0.6 is 11.6 Å². The quantitative estimate of drug-likeness (QED) is 0.393.